The van der Waals surface area contributed by atoms with Gasteiger partial charge in [-0.2, -0.15) is 0 Å². The molecule has 0 bridgehead atoms. The van der Waals surface area contributed by atoms with Gasteiger partial charge in [0.15, 0.2) is 0 Å². The minimum atomic E-state index is -0.575. The number of methoxy groups -OCH3 is 1. The molecule has 1 aromatic heterocycles. The van der Waals surface area contributed by atoms with Gasteiger partial charge in [0.1, 0.15) is 41.4 Å². The molecule has 0 saturated carbocycles. The second-order valence-corrected chi connectivity index (χ2v) is 8.86. The standard InChI is InChI=1S/C28H35N3O6/c1-6-8-10-20-21(11-9-7-2)26(32)24(17-25(20)35-5)31-29-22-13-12-19(16-23(22)30-31)28(34)37-15-14-36-27(33)18(3)4/h12-13,16-17,32H,3,6-11,14-15H2,1-2,4-5H3. The third-order valence-electron chi connectivity index (χ3n) is 5.97. The average molecular weight is 510 g/mol. The van der Waals surface area contributed by atoms with E-state index >= 15 is 0 Å². The lowest BCUT2D eigenvalue weighted by molar-refractivity contribution is -0.140. The molecule has 2 aromatic carbocycles. The van der Waals surface area contributed by atoms with Gasteiger partial charge in [-0.15, -0.1) is 15.0 Å². The lowest BCUT2D eigenvalue weighted by Gasteiger charge is -2.18. The number of hydrogen-bond acceptors (Lipinski definition) is 8. The molecule has 1 N–H and O–H groups in total. The molecule has 3 aromatic rings. The largest absolute Gasteiger partial charge is 0.505 e. The Kier molecular flexibility index (Phi) is 9.65. The van der Waals surface area contributed by atoms with Crippen molar-refractivity contribution >= 4 is 23.0 Å². The fourth-order valence-corrected chi connectivity index (χ4v) is 3.94. The maximum Gasteiger partial charge on any atom is 0.338 e. The molecular weight excluding hydrogens is 474 g/mol. The molecular formula is C28H35N3O6. The number of phenolic OH excluding ortho intramolecular Hbond substituents is 1. The number of ether oxygens (including phenoxy) is 3. The summed E-state index contributed by atoms with van der Waals surface area (Å²) in [6, 6.07) is 6.59. The number of rotatable bonds is 13. The van der Waals surface area contributed by atoms with Crippen LogP contribution >= 0.6 is 0 Å². The normalized spacial score (nSPS) is 10.9. The molecule has 0 radical (unpaired) electrons. The van der Waals surface area contributed by atoms with Gasteiger partial charge in [-0.25, -0.2) is 9.59 Å². The molecule has 1 heterocycles. The van der Waals surface area contributed by atoms with E-state index in [1.807, 2.05) is 0 Å². The predicted octanol–water partition coefficient (Wildman–Crippen LogP) is 5.10. The minimum Gasteiger partial charge on any atom is -0.505 e. The predicted molar refractivity (Wildman–Crippen MR) is 140 cm³/mol. The Morgan fingerprint density at radius 1 is 0.973 bits per heavy atom. The van der Waals surface area contributed by atoms with Crippen LogP contribution in [0.3, 0.4) is 0 Å². The molecule has 0 unspecified atom stereocenters. The zero-order chi connectivity index (χ0) is 26.9. The van der Waals surface area contributed by atoms with Gasteiger partial charge in [0.25, 0.3) is 0 Å². The number of phenols is 1. The highest BCUT2D eigenvalue weighted by molar-refractivity contribution is 5.93. The molecule has 0 saturated heterocycles. The first kappa shape index (κ1) is 27.7. The Bertz CT molecular complexity index is 1280. The summed E-state index contributed by atoms with van der Waals surface area (Å²) in [5.41, 5.74) is 3.88. The van der Waals surface area contributed by atoms with Crippen LogP contribution in [0.2, 0.25) is 0 Å². The minimum absolute atomic E-state index is 0.0639. The number of aromatic hydroxyl groups is 1. The Hall–Kier alpha value is -3.88. The first-order valence-electron chi connectivity index (χ1n) is 12.6. The number of carbonyl (C=O) groups is 2. The van der Waals surface area contributed by atoms with Crippen molar-refractivity contribution in [3.8, 4) is 17.2 Å². The summed E-state index contributed by atoms with van der Waals surface area (Å²) in [4.78, 5) is 25.2. The molecule has 198 valence electrons. The van der Waals surface area contributed by atoms with Crippen molar-refractivity contribution in [3.05, 3.63) is 53.1 Å². The van der Waals surface area contributed by atoms with Crippen LogP contribution in [0.25, 0.3) is 16.7 Å². The van der Waals surface area contributed by atoms with Crippen LogP contribution in [0, 0.1) is 0 Å². The maximum absolute atomic E-state index is 12.5. The van der Waals surface area contributed by atoms with Crippen molar-refractivity contribution in [2.75, 3.05) is 20.3 Å². The van der Waals surface area contributed by atoms with Crippen LogP contribution in [-0.2, 0) is 27.1 Å². The summed E-state index contributed by atoms with van der Waals surface area (Å²) in [5, 5.41) is 20.3. The quantitative estimate of drug-likeness (QED) is 0.192. The second kappa shape index (κ2) is 12.9. The van der Waals surface area contributed by atoms with Crippen molar-refractivity contribution in [2.24, 2.45) is 0 Å². The van der Waals surface area contributed by atoms with Crippen molar-refractivity contribution < 1.29 is 28.9 Å². The van der Waals surface area contributed by atoms with E-state index in [-0.39, 0.29) is 30.1 Å². The molecule has 0 aliphatic rings. The summed E-state index contributed by atoms with van der Waals surface area (Å²) < 4.78 is 15.8. The summed E-state index contributed by atoms with van der Waals surface area (Å²) >= 11 is 0. The van der Waals surface area contributed by atoms with Crippen LogP contribution in [0.5, 0.6) is 11.5 Å². The Morgan fingerprint density at radius 3 is 2.27 bits per heavy atom. The first-order chi connectivity index (χ1) is 17.8. The van der Waals surface area contributed by atoms with Crippen LogP contribution in [0.1, 0.15) is 67.9 Å². The summed E-state index contributed by atoms with van der Waals surface area (Å²) in [6.07, 6.45) is 5.51. The molecule has 0 spiro atoms. The van der Waals surface area contributed by atoms with Gasteiger partial charge in [-0.05, 0) is 50.8 Å². The van der Waals surface area contributed by atoms with Gasteiger partial charge in [0, 0.05) is 22.8 Å². The SMILES string of the molecule is C=C(C)C(=O)OCCOC(=O)c1ccc2nn(-c3cc(OC)c(CCCC)c(CCCC)c3O)nc2c1. The molecule has 0 fully saturated rings. The summed E-state index contributed by atoms with van der Waals surface area (Å²) in [6.45, 7) is 9.14. The molecule has 9 heteroatoms. The fraction of sp³-hybridized carbons (Fsp3) is 0.429. The lowest BCUT2D eigenvalue weighted by Crippen LogP contribution is -2.14. The highest BCUT2D eigenvalue weighted by Crippen LogP contribution is 2.38. The zero-order valence-electron chi connectivity index (χ0n) is 22.0. The molecule has 37 heavy (non-hydrogen) atoms. The van der Waals surface area contributed by atoms with Gasteiger partial charge >= 0.3 is 11.9 Å². The molecule has 0 aliphatic carbocycles. The lowest BCUT2D eigenvalue weighted by atomic mass is 9.95. The molecule has 3 rings (SSSR count). The smallest absolute Gasteiger partial charge is 0.338 e. The fourth-order valence-electron chi connectivity index (χ4n) is 3.94. The van der Waals surface area contributed by atoms with Gasteiger partial charge in [-0.3, -0.25) is 0 Å². The van der Waals surface area contributed by atoms with Gasteiger partial charge in [0.05, 0.1) is 12.7 Å². The number of esters is 2. The number of fused-ring (bicyclic) bond motifs is 1. The third kappa shape index (κ3) is 6.67. The molecule has 0 aliphatic heterocycles. The second-order valence-electron chi connectivity index (χ2n) is 8.86. The Labute approximate surface area is 217 Å². The average Bonchev–Trinajstić information content (AvgIpc) is 3.32. The third-order valence-corrected chi connectivity index (χ3v) is 5.97. The number of benzene rings is 2. The van der Waals surface area contributed by atoms with Crippen molar-refractivity contribution in [1.29, 1.82) is 0 Å². The highest BCUT2D eigenvalue weighted by atomic mass is 16.6. The number of aromatic nitrogens is 3. The van der Waals surface area contributed by atoms with Gasteiger partial charge in [-0.1, -0.05) is 33.3 Å². The maximum atomic E-state index is 12.5. The van der Waals surface area contributed by atoms with Crippen LogP contribution < -0.4 is 4.74 Å². The van der Waals surface area contributed by atoms with E-state index in [9.17, 15) is 14.7 Å². The zero-order valence-corrected chi connectivity index (χ0v) is 22.0. The molecule has 9 nitrogen and oxygen atoms in total. The van der Waals surface area contributed by atoms with Crippen LogP contribution in [-0.4, -0.2) is 52.4 Å². The number of carbonyl (C=O) groups excluding carboxylic acids is 2. The molecule has 0 atom stereocenters. The topological polar surface area (TPSA) is 113 Å². The van der Waals surface area contributed by atoms with Gasteiger partial charge < -0.3 is 19.3 Å². The van der Waals surface area contributed by atoms with Crippen molar-refractivity contribution in [2.45, 2.75) is 59.3 Å². The monoisotopic (exact) mass is 509 g/mol. The van der Waals surface area contributed by atoms with E-state index in [1.165, 1.54) is 4.80 Å². The summed E-state index contributed by atoms with van der Waals surface area (Å²) in [7, 11) is 1.62. The number of unbranched alkanes of at least 4 members (excludes halogenated alkanes) is 2. The van der Waals surface area contributed by atoms with E-state index < -0.39 is 11.9 Å². The van der Waals surface area contributed by atoms with E-state index in [4.69, 9.17) is 14.2 Å². The van der Waals surface area contributed by atoms with Gasteiger partial charge in [0.2, 0.25) is 0 Å². The highest BCUT2D eigenvalue weighted by Gasteiger charge is 2.21. The van der Waals surface area contributed by atoms with Crippen molar-refractivity contribution in [1.82, 2.24) is 15.0 Å². The van der Waals surface area contributed by atoms with E-state index in [0.717, 1.165) is 49.7 Å². The Balaban J connectivity index is 1.87. The van der Waals surface area contributed by atoms with E-state index in [0.29, 0.717) is 22.5 Å². The Morgan fingerprint density at radius 2 is 1.62 bits per heavy atom. The molecule has 0 amide bonds. The van der Waals surface area contributed by atoms with E-state index in [2.05, 4.69) is 30.6 Å². The van der Waals surface area contributed by atoms with Crippen LogP contribution in [0.15, 0.2) is 36.4 Å². The first-order valence-corrected chi connectivity index (χ1v) is 12.6. The summed E-state index contributed by atoms with van der Waals surface area (Å²) in [5.74, 6) is -0.269. The number of nitrogens with zero attached hydrogens (tertiary/aromatic N) is 3. The van der Waals surface area contributed by atoms with Crippen molar-refractivity contribution in [3.63, 3.8) is 0 Å². The number of hydrogen-bond donors (Lipinski definition) is 1. The van der Waals surface area contributed by atoms with Crippen LogP contribution in [0.4, 0.5) is 0 Å². The van der Waals surface area contributed by atoms with E-state index in [1.54, 1.807) is 38.3 Å².